The van der Waals surface area contributed by atoms with Crippen molar-refractivity contribution in [1.82, 2.24) is 4.98 Å². The Morgan fingerprint density at radius 2 is 1.69 bits per heavy atom. The van der Waals surface area contributed by atoms with Crippen molar-refractivity contribution in [3.05, 3.63) is 43.8 Å². The van der Waals surface area contributed by atoms with Gasteiger partial charge < -0.3 is 14.3 Å². The van der Waals surface area contributed by atoms with E-state index in [0.29, 0.717) is 0 Å². The molecule has 0 aliphatic rings. The van der Waals surface area contributed by atoms with Gasteiger partial charge in [0, 0.05) is 15.4 Å². The van der Waals surface area contributed by atoms with Crippen LogP contribution in [0.25, 0.3) is 0 Å². The molecule has 0 saturated carbocycles. The number of aromatic nitrogens is 1. The summed E-state index contributed by atoms with van der Waals surface area (Å²) in [6.07, 6.45) is -10.4. The number of ether oxygens (including phenoxy) is 1. The molecule has 1 aromatic carbocycles. The number of alkyl halides is 6. The Balaban J connectivity index is 2.31. The second-order valence-corrected chi connectivity index (χ2v) is 6.42. The maximum atomic E-state index is 12.5. The van der Waals surface area contributed by atoms with Gasteiger partial charge in [-0.05, 0) is 49.6 Å². The lowest BCUT2D eigenvalue weighted by molar-refractivity contribution is -0.291. The molecule has 5 nitrogen and oxygen atoms in total. The van der Waals surface area contributed by atoms with Crippen molar-refractivity contribution in [1.29, 1.82) is 0 Å². The highest BCUT2D eigenvalue weighted by atomic mass is 79.9. The van der Waals surface area contributed by atoms with Crippen LogP contribution in [0.4, 0.5) is 26.3 Å². The van der Waals surface area contributed by atoms with Crippen molar-refractivity contribution in [3.8, 4) is 5.95 Å². The lowest BCUT2D eigenvalue weighted by Gasteiger charge is -2.11. The van der Waals surface area contributed by atoms with E-state index >= 15 is 0 Å². The zero-order valence-corrected chi connectivity index (χ0v) is 15.2. The van der Waals surface area contributed by atoms with Gasteiger partial charge in [0.05, 0.1) is 5.56 Å². The van der Waals surface area contributed by atoms with E-state index in [1.807, 2.05) is 0 Å². The Kier molecular flexibility index (Phi) is 5.61. The summed E-state index contributed by atoms with van der Waals surface area (Å²) in [6, 6.07) is 2.33. The van der Waals surface area contributed by atoms with E-state index in [-0.39, 0.29) is 20.9 Å². The highest BCUT2D eigenvalue weighted by Crippen LogP contribution is 2.35. The minimum Gasteiger partial charge on any atom is -0.479 e. The molecule has 0 aliphatic heterocycles. The Morgan fingerprint density at radius 3 is 2.12 bits per heavy atom. The van der Waals surface area contributed by atoms with E-state index in [0.717, 1.165) is 0 Å². The molecule has 13 heteroatoms. The Labute approximate surface area is 157 Å². The Morgan fingerprint density at radius 1 is 1.15 bits per heavy atom. The molecule has 2 rings (SSSR count). The molecule has 1 N–H and O–H groups in total. The van der Waals surface area contributed by atoms with Gasteiger partial charge in [-0.1, -0.05) is 0 Å². The summed E-state index contributed by atoms with van der Waals surface area (Å²) in [7, 11) is 0. The highest BCUT2D eigenvalue weighted by molar-refractivity contribution is 9.11. The van der Waals surface area contributed by atoms with Crippen LogP contribution in [0.1, 0.15) is 27.5 Å². The van der Waals surface area contributed by atoms with Crippen LogP contribution in [0, 0.1) is 0 Å². The van der Waals surface area contributed by atoms with Gasteiger partial charge in [0.2, 0.25) is 0 Å². The molecule has 26 heavy (non-hydrogen) atoms. The second-order valence-electron chi connectivity index (χ2n) is 4.72. The third kappa shape index (κ3) is 4.90. The number of oxazole rings is 1. The number of halogens is 8. The number of hydrogen-bond donors (Lipinski definition) is 1. The van der Waals surface area contributed by atoms with Crippen LogP contribution < -0.4 is 0 Å². The van der Waals surface area contributed by atoms with Crippen LogP contribution in [-0.4, -0.2) is 22.4 Å². The molecule has 0 aliphatic carbocycles. The highest BCUT2D eigenvalue weighted by Gasteiger charge is 2.39. The zero-order valence-electron chi connectivity index (χ0n) is 12.0. The minimum atomic E-state index is -5.19. The van der Waals surface area contributed by atoms with Crippen LogP contribution in [-0.2, 0) is 17.3 Å². The number of esters is 1. The predicted octanol–water partition coefficient (Wildman–Crippen LogP) is 5.19. The summed E-state index contributed by atoms with van der Waals surface area (Å²) >= 11 is 5.78. The first-order chi connectivity index (χ1) is 11.8. The second kappa shape index (κ2) is 7.10. The van der Waals surface area contributed by atoms with Gasteiger partial charge in [-0.15, -0.1) is 13.2 Å². The first kappa shape index (κ1) is 20.6. The molecule has 0 saturated heterocycles. The lowest BCUT2D eigenvalue weighted by atomic mass is 10.1. The molecule has 0 amide bonds. The standard InChI is InChI=1S/C13H5Br2F6NO4/c14-5-1-4(2-6(15)8(5)10(24)26-13(19,20)21)3-7-9(23)25-11(22-7)12(16,17)18/h1-2,23H,3H2. The van der Waals surface area contributed by atoms with Crippen LogP contribution >= 0.6 is 31.9 Å². The number of aromatic hydroxyl groups is 1. The van der Waals surface area contributed by atoms with E-state index < -0.39 is 41.6 Å². The fourth-order valence-electron chi connectivity index (χ4n) is 1.85. The molecule has 1 heterocycles. The molecular formula is C13H5Br2F6NO4. The molecule has 0 radical (unpaired) electrons. The van der Waals surface area contributed by atoms with Crippen molar-refractivity contribution >= 4 is 37.8 Å². The van der Waals surface area contributed by atoms with Gasteiger partial charge in [0.25, 0.3) is 0 Å². The molecule has 0 atom stereocenters. The Hall–Kier alpha value is -1.76. The van der Waals surface area contributed by atoms with Gasteiger partial charge in [-0.3, -0.25) is 0 Å². The fourth-order valence-corrected chi connectivity index (χ4v) is 3.46. The van der Waals surface area contributed by atoms with Crippen molar-refractivity contribution in [2.24, 2.45) is 0 Å². The zero-order chi connectivity index (χ0) is 19.9. The largest absolute Gasteiger partial charge is 0.575 e. The quantitative estimate of drug-likeness (QED) is 0.452. The normalized spacial score (nSPS) is 12.3. The van der Waals surface area contributed by atoms with Gasteiger partial charge in [-0.2, -0.15) is 13.2 Å². The van der Waals surface area contributed by atoms with E-state index in [1.54, 1.807) is 0 Å². The molecular weight excluding hydrogens is 508 g/mol. The van der Waals surface area contributed by atoms with Crippen LogP contribution in [0.15, 0.2) is 25.5 Å². The average Bonchev–Trinajstić information content (AvgIpc) is 2.77. The average molecular weight is 513 g/mol. The molecule has 0 bridgehead atoms. The van der Waals surface area contributed by atoms with Crippen LogP contribution in [0.3, 0.4) is 0 Å². The van der Waals surface area contributed by atoms with Crippen LogP contribution in [0.5, 0.6) is 5.95 Å². The van der Waals surface area contributed by atoms with Gasteiger partial charge in [0.1, 0.15) is 5.69 Å². The van der Waals surface area contributed by atoms with Gasteiger partial charge >= 0.3 is 30.3 Å². The van der Waals surface area contributed by atoms with Crippen molar-refractivity contribution in [3.63, 3.8) is 0 Å². The number of carbonyl (C=O) groups is 1. The third-order valence-corrected chi connectivity index (χ3v) is 4.06. The summed E-state index contributed by atoms with van der Waals surface area (Å²) in [4.78, 5) is 14.7. The molecule has 1 aromatic heterocycles. The number of nitrogens with zero attached hydrogens (tertiary/aromatic N) is 1. The van der Waals surface area contributed by atoms with E-state index in [1.165, 1.54) is 12.1 Å². The number of carbonyl (C=O) groups excluding carboxylic acids is 1. The maximum Gasteiger partial charge on any atom is 0.575 e. The van der Waals surface area contributed by atoms with Crippen LogP contribution in [0.2, 0.25) is 0 Å². The molecule has 0 spiro atoms. The fraction of sp³-hybridized carbons (Fsp3) is 0.231. The lowest BCUT2D eigenvalue weighted by Crippen LogP contribution is -2.20. The maximum absolute atomic E-state index is 12.5. The number of rotatable bonds is 3. The molecule has 0 unspecified atom stereocenters. The summed E-state index contributed by atoms with van der Waals surface area (Å²) in [5.41, 5.74) is -0.710. The Bertz CT molecular complexity index is 823. The minimum absolute atomic E-state index is 0.116. The monoisotopic (exact) mass is 511 g/mol. The summed E-state index contributed by atoms with van der Waals surface area (Å²) in [6.45, 7) is 0. The van der Waals surface area contributed by atoms with E-state index in [4.69, 9.17) is 0 Å². The van der Waals surface area contributed by atoms with E-state index in [9.17, 15) is 36.2 Å². The number of hydrogen-bond acceptors (Lipinski definition) is 5. The number of benzene rings is 1. The molecule has 0 fully saturated rings. The third-order valence-electron chi connectivity index (χ3n) is 2.81. The van der Waals surface area contributed by atoms with Crippen molar-refractivity contribution in [2.75, 3.05) is 0 Å². The molecule has 2 aromatic rings. The smallest absolute Gasteiger partial charge is 0.479 e. The topological polar surface area (TPSA) is 72.6 Å². The predicted molar refractivity (Wildman–Crippen MR) is 79.3 cm³/mol. The molecule has 142 valence electrons. The first-order valence-electron chi connectivity index (χ1n) is 6.32. The summed E-state index contributed by atoms with van der Waals surface area (Å²) in [5, 5.41) is 9.41. The summed E-state index contributed by atoms with van der Waals surface area (Å²) in [5.74, 6) is -4.38. The summed E-state index contributed by atoms with van der Waals surface area (Å²) < 4.78 is 81.2. The van der Waals surface area contributed by atoms with Crippen molar-refractivity contribution < 1.29 is 45.4 Å². The van der Waals surface area contributed by atoms with Gasteiger partial charge in [-0.25, -0.2) is 9.78 Å². The van der Waals surface area contributed by atoms with E-state index in [2.05, 4.69) is 46.0 Å². The van der Waals surface area contributed by atoms with Crippen molar-refractivity contribution in [2.45, 2.75) is 19.0 Å². The van der Waals surface area contributed by atoms with Gasteiger partial charge in [0.15, 0.2) is 0 Å². The SMILES string of the molecule is O=C(OC(F)(F)F)c1c(Br)cc(Cc2nc(C(F)(F)F)oc2O)cc1Br. The first-order valence-corrected chi connectivity index (χ1v) is 7.90.